The number of alkyl carbamates (subject to hydrolysis) is 1. The molecule has 1 aliphatic heterocycles. The van der Waals surface area contributed by atoms with Crippen LogP contribution in [-0.2, 0) is 19.0 Å². The van der Waals surface area contributed by atoms with Crippen molar-refractivity contribution in [1.29, 1.82) is 0 Å². The number of hydrogen-bond acceptors (Lipinski definition) is 9. The van der Waals surface area contributed by atoms with Gasteiger partial charge in [-0.1, -0.05) is 30.3 Å². The zero-order chi connectivity index (χ0) is 32.6. The van der Waals surface area contributed by atoms with Gasteiger partial charge in [0.05, 0.1) is 44.9 Å². The third-order valence-corrected chi connectivity index (χ3v) is 6.86. The first-order valence-corrected chi connectivity index (χ1v) is 14.9. The summed E-state index contributed by atoms with van der Waals surface area (Å²) >= 11 is 6.18. The van der Waals surface area contributed by atoms with Crippen LogP contribution in [0, 0.1) is 6.92 Å². The number of benzene rings is 2. The van der Waals surface area contributed by atoms with E-state index >= 15 is 0 Å². The van der Waals surface area contributed by atoms with Crippen LogP contribution in [0.15, 0.2) is 59.6 Å². The number of hydrogen-bond donors (Lipinski definition) is 2. The lowest BCUT2D eigenvalue weighted by atomic mass is 9.99. The van der Waals surface area contributed by atoms with Crippen molar-refractivity contribution in [2.24, 2.45) is 4.99 Å². The van der Waals surface area contributed by atoms with Crippen molar-refractivity contribution >= 4 is 29.3 Å². The van der Waals surface area contributed by atoms with Gasteiger partial charge in [0, 0.05) is 34.8 Å². The minimum absolute atomic E-state index is 0.204. The van der Waals surface area contributed by atoms with Gasteiger partial charge < -0.3 is 29.6 Å². The Morgan fingerprint density at radius 3 is 2.29 bits per heavy atom. The number of aromatic nitrogens is 3. The molecule has 0 bridgehead atoms. The second-order valence-corrected chi connectivity index (χ2v) is 11.6. The number of fused-ring (bicyclic) bond motifs is 3. The number of rotatable bonds is 13. The number of nitrogens with one attached hydrogen (secondary N) is 2. The van der Waals surface area contributed by atoms with Crippen molar-refractivity contribution in [2.45, 2.75) is 39.3 Å². The first-order valence-electron chi connectivity index (χ1n) is 14.5. The molecule has 0 aliphatic carbocycles. The summed E-state index contributed by atoms with van der Waals surface area (Å²) in [7, 11) is 1.60. The van der Waals surface area contributed by atoms with Gasteiger partial charge in [-0.25, -0.2) is 4.79 Å². The molecule has 1 aromatic heterocycles. The Hall–Kier alpha value is -4.26. The molecule has 13 heteroatoms. The molecule has 0 unspecified atom stereocenters. The zero-order valence-corrected chi connectivity index (χ0v) is 26.9. The Labute approximate surface area is 267 Å². The lowest BCUT2D eigenvalue weighted by Gasteiger charge is -2.19. The lowest BCUT2D eigenvalue weighted by Crippen LogP contribution is -2.34. The second kappa shape index (κ2) is 15.2. The molecule has 240 valence electrons. The highest BCUT2D eigenvalue weighted by Gasteiger charge is 2.32. The summed E-state index contributed by atoms with van der Waals surface area (Å²) in [5.74, 6) is 1.37. The molecule has 2 heterocycles. The van der Waals surface area contributed by atoms with Crippen molar-refractivity contribution in [3.05, 3.63) is 82.4 Å². The van der Waals surface area contributed by atoms with Crippen LogP contribution in [0.2, 0.25) is 5.02 Å². The smallest absolute Gasteiger partial charge is 0.407 e. The molecule has 0 spiro atoms. The third kappa shape index (κ3) is 8.90. The van der Waals surface area contributed by atoms with E-state index in [4.69, 9.17) is 35.5 Å². The van der Waals surface area contributed by atoms with E-state index in [1.807, 2.05) is 41.8 Å². The number of amides is 2. The predicted molar refractivity (Wildman–Crippen MR) is 171 cm³/mol. The van der Waals surface area contributed by atoms with E-state index in [0.717, 1.165) is 16.8 Å². The van der Waals surface area contributed by atoms with Gasteiger partial charge in [-0.05, 0) is 58.0 Å². The van der Waals surface area contributed by atoms with Crippen molar-refractivity contribution < 1.29 is 28.5 Å². The van der Waals surface area contributed by atoms with E-state index in [1.54, 1.807) is 40.0 Å². The molecule has 12 nitrogen and oxygen atoms in total. The number of aliphatic imine (C=N–C) groups is 1. The maximum Gasteiger partial charge on any atom is 0.407 e. The van der Waals surface area contributed by atoms with Gasteiger partial charge in [-0.3, -0.25) is 14.4 Å². The molecule has 45 heavy (non-hydrogen) atoms. The largest absolute Gasteiger partial charge is 0.497 e. The summed E-state index contributed by atoms with van der Waals surface area (Å²) in [6.45, 7) is 13.2. The van der Waals surface area contributed by atoms with Crippen LogP contribution in [-0.4, -0.2) is 84.7 Å². The van der Waals surface area contributed by atoms with Crippen LogP contribution < -0.4 is 15.4 Å². The van der Waals surface area contributed by atoms with Gasteiger partial charge in [0.1, 0.15) is 23.2 Å². The van der Waals surface area contributed by atoms with E-state index in [0.29, 0.717) is 54.5 Å². The van der Waals surface area contributed by atoms with Gasteiger partial charge >= 0.3 is 6.09 Å². The van der Waals surface area contributed by atoms with Gasteiger partial charge in [-0.15, -0.1) is 10.2 Å². The molecule has 0 saturated carbocycles. The second-order valence-electron chi connectivity index (χ2n) is 11.1. The molecule has 2 N–H and O–H groups in total. The lowest BCUT2D eigenvalue weighted by molar-refractivity contribution is -0.118. The Bertz CT molecular complexity index is 1550. The zero-order valence-electron chi connectivity index (χ0n) is 26.2. The van der Waals surface area contributed by atoms with Gasteiger partial charge in [0.2, 0.25) is 5.91 Å². The highest BCUT2D eigenvalue weighted by molar-refractivity contribution is 6.30. The molecule has 2 amide bonds. The maximum atomic E-state index is 13.3. The topological polar surface area (TPSA) is 138 Å². The normalized spacial score (nSPS) is 14.0. The summed E-state index contributed by atoms with van der Waals surface area (Å²) in [6, 6.07) is 12.2. The average molecular weight is 639 g/mol. The third-order valence-electron chi connectivity index (χ3n) is 6.61. The summed E-state index contributed by atoms with van der Waals surface area (Å²) < 4.78 is 23.6. The average Bonchev–Trinajstić information content (AvgIpc) is 3.31. The SMILES string of the molecule is C=C(C(=O)NCCOCCOCCNC(=O)OC(C)(C)C)[C@@H]1N=C(c2ccc(Cl)cc2)c2cc(OC)ccc2-n2c(C)nnc21. The number of carbonyl (C=O) groups excluding carboxylic acids is 2. The molecule has 1 aliphatic rings. The molecule has 0 radical (unpaired) electrons. The highest BCUT2D eigenvalue weighted by Crippen LogP contribution is 2.35. The van der Waals surface area contributed by atoms with Gasteiger partial charge in [0.25, 0.3) is 0 Å². The van der Waals surface area contributed by atoms with Crippen LogP contribution in [0.5, 0.6) is 5.75 Å². The standard InChI is InChI=1S/C32H39ClN6O6/c1-20(30(40)34-13-15-43-17-18-44-16-14-35-31(41)45-32(3,4)5)27-29-38-37-21(2)39(29)26-12-11-24(42-6)19-25(26)28(36-27)22-7-9-23(33)10-8-22/h7-12,19,27H,1,13-18H2,2-6H3,(H,34,40)(H,35,41)/t27-/m0/s1. The number of nitrogens with zero attached hydrogens (tertiary/aromatic N) is 4. The Balaban J connectivity index is 1.37. The number of ether oxygens (including phenoxy) is 4. The minimum Gasteiger partial charge on any atom is -0.497 e. The number of carbonyl (C=O) groups is 2. The summed E-state index contributed by atoms with van der Waals surface area (Å²) in [4.78, 5) is 30.0. The molecular formula is C32H39ClN6O6. The van der Waals surface area contributed by atoms with Crippen molar-refractivity contribution in [1.82, 2.24) is 25.4 Å². The molecule has 0 fully saturated rings. The fraction of sp³-hybridized carbons (Fsp3) is 0.406. The van der Waals surface area contributed by atoms with E-state index in [1.165, 1.54) is 0 Å². The van der Waals surface area contributed by atoms with Gasteiger partial charge in [0.15, 0.2) is 5.82 Å². The fourth-order valence-corrected chi connectivity index (χ4v) is 4.67. The monoisotopic (exact) mass is 638 g/mol. The van der Waals surface area contributed by atoms with Crippen LogP contribution in [0.1, 0.15) is 49.6 Å². The Kier molecular flexibility index (Phi) is 11.3. The van der Waals surface area contributed by atoms with Gasteiger partial charge in [-0.2, -0.15) is 0 Å². The molecule has 3 aromatic rings. The number of aryl methyl sites for hydroxylation is 1. The first-order chi connectivity index (χ1) is 21.5. The molecule has 1 atom stereocenters. The highest BCUT2D eigenvalue weighted by atomic mass is 35.5. The van der Waals surface area contributed by atoms with Crippen molar-refractivity contribution in [3.8, 4) is 11.4 Å². The van der Waals surface area contributed by atoms with Crippen LogP contribution in [0.4, 0.5) is 4.79 Å². The van der Waals surface area contributed by atoms with Crippen LogP contribution in [0.3, 0.4) is 0 Å². The number of halogens is 1. The van der Waals surface area contributed by atoms with Crippen molar-refractivity contribution in [3.63, 3.8) is 0 Å². The predicted octanol–water partition coefficient (Wildman–Crippen LogP) is 4.36. The molecule has 2 aromatic carbocycles. The van der Waals surface area contributed by atoms with Crippen molar-refractivity contribution in [2.75, 3.05) is 46.6 Å². The summed E-state index contributed by atoms with van der Waals surface area (Å²) in [5.41, 5.74) is 2.68. The first kappa shape index (κ1) is 33.6. The molecule has 4 rings (SSSR count). The van der Waals surface area contributed by atoms with Crippen LogP contribution in [0.25, 0.3) is 5.69 Å². The summed E-state index contributed by atoms with van der Waals surface area (Å²) in [6.07, 6.45) is -0.490. The number of methoxy groups -OCH3 is 1. The molecule has 0 saturated heterocycles. The maximum absolute atomic E-state index is 13.3. The fourth-order valence-electron chi connectivity index (χ4n) is 4.54. The van der Waals surface area contributed by atoms with E-state index in [9.17, 15) is 9.59 Å². The Morgan fingerprint density at radius 1 is 0.978 bits per heavy atom. The van der Waals surface area contributed by atoms with E-state index in [2.05, 4.69) is 27.4 Å². The quantitative estimate of drug-likeness (QED) is 0.208. The summed E-state index contributed by atoms with van der Waals surface area (Å²) in [5, 5.41) is 14.8. The Morgan fingerprint density at radius 2 is 1.64 bits per heavy atom. The minimum atomic E-state index is -0.820. The van der Waals surface area contributed by atoms with E-state index < -0.39 is 17.7 Å². The van der Waals surface area contributed by atoms with E-state index in [-0.39, 0.29) is 24.6 Å². The molecular weight excluding hydrogens is 600 g/mol. The van der Waals surface area contributed by atoms with Crippen LogP contribution >= 0.6 is 11.6 Å².